The Bertz CT molecular complexity index is 1150. The summed E-state index contributed by atoms with van der Waals surface area (Å²) in [5.74, 6) is 1.71. The van der Waals surface area contributed by atoms with Gasteiger partial charge in [-0.25, -0.2) is 0 Å². The average Bonchev–Trinajstić information content (AvgIpc) is 3.06. The van der Waals surface area contributed by atoms with Gasteiger partial charge in [0.2, 0.25) is 5.78 Å². The zero-order valence-electron chi connectivity index (χ0n) is 17.0. The third-order valence-electron chi connectivity index (χ3n) is 5.53. The van der Waals surface area contributed by atoms with Crippen LogP contribution in [0.2, 0.25) is 0 Å². The molecule has 0 spiro atoms. The van der Waals surface area contributed by atoms with E-state index in [0.29, 0.717) is 23.8 Å². The van der Waals surface area contributed by atoms with Crippen molar-refractivity contribution in [2.24, 2.45) is 0 Å². The highest BCUT2D eigenvalue weighted by Crippen LogP contribution is 2.43. The second-order valence-corrected chi connectivity index (χ2v) is 7.83. The fourth-order valence-corrected chi connectivity index (χ4v) is 3.96. The number of hydrogen-bond donors (Lipinski definition) is 0. The van der Waals surface area contributed by atoms with Gasteiger partial charge in [-0.2, -0.15) is 0 Å². The molecule has 2 aliphatic heterocycles. The first-order chi connectivity index (χ1) is 14.6. The molecule has 0 atom stereocenters. The van der Waals surface area contributed by atoms with E-state index in [9.17, 15) is 4.79 Å². The molecule has 150 valence electrons. The number of nitrogens with zero attached hydrogens (tertiary/aromatic N) is 2. The Morgan fingerprint density at radius 2 is 1.83 bits per heavy atom. The third-order valence-corrected chi connectivity index (χ3v) is 5.53. The number of allylic oxidation sites excluding steroid dienone is 1. The molecule has 0 amide bonds. The molecule has 0 N–H and O–H groups in total. The molecule has 2 aliphatic rings. The first-order valence-electron chi connectivity index (χ1n) is 10.00. The van der Waals surface area contributed by atoms with Crippen molar-refractivity contribution in [3.05, 3.63) is 94.0 Å². The number of fused-ring (bicyclic) bond motifs is 2. The molecule has 0 saturated heterocycles. The maximum atomic E-state index is 13.0. The molecule has 0 unspecified atom stereocenters. The van der Waals surface area contributed by atoms with E-state index >= 15 is 0 Å². The third kappa shape index (κ3) is 3.37. The second-order valence-electron chi connectivity index (χ2n) is 7.83. The van der Waals surface area contributed by atoms with Crippen LogP contribution in [0.15, 0.2) is 60.6 Å². The number of benzene rings is 2. The van der Waals surface area contributed by atoms with E-state index in [1.807, 2.05) is 56.3 Å². The fourth-order valence-electron chi connectivity index (χ4n) is 3.96. The summed E-state index contributed by atoms with van der Waals surface area (Å²) in [5.41, 5.74) is 5.80. The van der Waals surface area contributed by atoms with E-state index in [1.165, 1.54) is 11.1 Å². The summed E-state index contributed by atoms with van der Waals surface area (Å²) in [6.07, 6.45) is 5.39. The number of aryl methyl sites for hydroxylation is 1. The lowest BCUT2D eigenvalue weighted by atomic mass is 10.00. The van der Waals surface area contributed by atoms with E-state index in [1.54, 1.807) is 18.5 Å². The molecular weight excluding hydrogens is 376 g/mol. The van der Waals surface area contributed by atoms with E-state index in [2.05, 4.69) is 9.88 Å². The minimum Gasteiger partial charge on any atom is -0.477 e. The van der Waals surface area contributed by atoms with Gasteiger partial charge in [-0.3, -0.25) is 14.7 Å². The topological polar surface area (TPSA) is 51.7 Å². The number of ether oxygens (including phenoxy) is 2. The number of carbonyl (C=O) groups is 1. The van der Waals surface area contributed by atoms with E-state index in [0.717, 1.165) is 35.5 Å². The standard InChI is InChI=1S/C25H22N2O3/c1-16-3-5-18(6-4-16)11-22-23(28)21-12-20-14-27(13-19-7-9-26-10-8-19)15-29-24(20)17(2)25(21)30-22/h3-12H,13-15H2,1-2H3/b22-11-. The molecule has 2 aromatic carbocycles. The number of rotatable bonds is 3. The molecule has 5 nitrogen and oxygen atoms in total. The Morgan fingerprint density at radius 1 is 1.07 bits per heavy atom. The molecule has 0 radical (unpaired) electrons. The van der Waals surface area contributed by atoms with Crippen molar-refractivity contribution in [1.29, 1.82) is 0 Å². The van der Waals surface area contributed by atoms with Gasteiger partial charge in [0.05, 0.1) is 5.56 Å². The van der Waals surface area contributed by atoms with Gasteiger partial charge in [-0.15, -0.1) is 0 Å². The maximum Gasteiger partial charge on any atom is 0.231 e. The van der Waals surface area contributed by atoms with Crippen molar-refractivity contribution >= 4 is 11.9 Å². The summed E-state index contributed by atoms with van der Waals surface area (Å²) in [5, 5.41) is 0. The first-order valence-corrected chi connectivity index (χ1v) is 10.00. The van der Waals surface area contributed by atoms with Gasteiger partial charge in [0.25, 0.3) is 0 Å². The minimum atomic E-state index is -0.0808. The highest BCUT2D eigenvalue weighted by molar-refractivity contribution is 6.15. The molecule has 1 aromatic heterocycles. The quantitative estimate of drug-likeness (QED) is 0.600. The zero-order valence-corrected chi connectivity index (χ0v) is 17.0. The van der Waals surface area contributed by atoms with Crippen molar-refractivity contribution < 1.29 is 14.3 Å². The van der Waals surface area contributed by atoms with Crippen LogP contribution in [-0.2, 0) is 13.1 Å². The highest BCUT2D eigenvalue weighted by atomic mass is 16.5. The van der Waals surface area contributed by atoms with Crippen LogP contribution in [0, 0.1) is 13.8 Å². The highest BCUT2D eigenvalue weighted by Gasteiger charge is 2.33. The number of carbonyl (C=O) groups excluding carboxylic acids is 1. The smallest absolute Gasteiger partial charge is 0.231 e. The largest absolute Gasteiger partial charge is 0.477 e. The molecule has 30 heavy (non-hydrogen) atoms. The lowest BCUT2D eigenvalue weighted by Crippen LogP contribution is -2.32. The second kappa shape index (κ2) is 7.43. The molecule has 3 heterocycles. The van der Waals surface area contributed by atoms with Crippen LogP contribution in [-0.4, -0.2) is 22.4 Å². The lowest BCUT2D eigenvalue weighted by Gasteiger charge is -2.30. The summed E-state index contributed by atoms with van der Waals surface area (Å²) < 4.78 is 12.0. The van der Waals surface area contributed by atoms with Gasteiger partial charge < -0.3 is 9.47 Å². The number of aromatic nitrogens is 1. The van der Waals surface area contributed by atoms with Gasteiger partial charge in [0.1, 0.15) is 18.2 Å². The van der Waals surface area contributed by atoms with E-state index < -0.39 is 0 Å². The van der Waals surface area contributed by atoms with Crippen LogP contribution >= 0.6 is 0 Å². The van der Waals surface area contributed by atoms with Crippen LogP contribution in [0.4, 0.5) is 0 Å². The lowest BCUT2D eigenvalue weighted by molar-refractivity contribution is 0.0876. The Balaban J connectivity index is 1.43. The van der Waals surface area contributed by atoms with E-state index in [-0.39, 0.29) is 5.78 Å². The van der Waals surface area contributed by atoms with Gasteiger partial charge >= 0.3 is 0 Å². The van der Waals surface area contributed by atoms with Crippen LogP contribution in [0.25, 0.3) is 6.08 Å². The van der Waals surface area contributed by atoms with Crippen LogP contribution in [0.3, 0.4) is 0 Å². The Labute approximate surface area is 175 Å². The van der Waals surface area contributed by atoms with Crippen LogP contribution in [0.1, 0.15) is 38.2 Å². The average molecular weight is 398 g/mol. The molecular formula is C25H22N2O3. The van der Waals surface area contributed by atoms with Gasteiger partial charge in [-0.05, 0) is 49.2 Å². The molecule has 0 saturated carbocycles. The summed E-state index contributed by atoms with van der Waals surface area (Å²) in [6, 6.07) is 13.9. The normalized spacial score (nSPS) is 16.7. The molecule has 0 aliphatic carbocycles. The number of ketones is 1. The predicted octanol–water partition coefficient (Wildman–Crippen LogP) is 4.67. The van der Waals surface area contributed by atoms with Crippen molar-refractivity contribution in [2.45, 2.75) is 26.9 Å². The van der Waals surface area contributed by atoms with Gasteiger partial charge in [0.15, 0.2) is 5.76 Å². The molecule has 0 bridgehead atoms. The summed E-state index contributed by atoms with van der Waals surface area (Å²) >= 11 is 0. The van der Waals surface area contributed by atoms with Gasteiger partial charge in [0, 0.05) is 36.6 Å². The Morgan fingerprint density at radius 3 is 2.60 bits per heavy atom. The molecule has 3 aromatic rings. The van der Waals surface area contributed by atoms with Crippen LogP contribution < -0.4 is 9.47 Å². The van der Waals surface area contributed by atoms with Crippen LogP contribution in [0.5, 0.6) is 11.5 Å². The van der Waals surface area contributed by atoms with Gasteiger partial charge in [-0.1, -0.05) is 29.8 Å². The van der Waals surface area contributed by atoms with Crippen molar-refractivity contribution in [3.8, 4) is 11.5 Å². The molecule has 0 fully saturated rings. The SMILES string of the molecule is Cc1ccc(/C=C2\Oc3c(cc4c(c3C)OCN(Cc3ccncc3)C4)C2=O)cc1. The fraction of sp³-hybridized carbons (Fsp3) is 0.200. The summed E-state index contributed by atoms with van der Waals surface area (Å²) in [4.78, 5) is 19.3. The number of pyridine rings is 1. The van der Waals surface area contributed by atoms with Crippen molar-refractivity contribution in [3.63, 3.8) is 0 Å². The maximum absolute atomic E-state index is 13.0. The zero-order chi connectivity index (χ0) is 20.7. The molecule has 5 heteroatoms. The van der Waals surface area contributed by atoms with Crippen molar-refractivity contribution in [1.82, 2.24) is 9.88 Å². The predicted molar refractivity (Wildman–Crippen MR) is 114 cm³/mol. The number of Topliss-reactive ketones (excluding diaryl/α,β-unsaturated/α-hetero) is 1. The first kappa shape index (κ1) is 18.6. The Hall–Kier alpha value is -3.44. The Kier molecular flexibility index (Phi) is 4.60. The minimum absolute atomic E-state index is 0.0808. The summed E-state index contributed by atoms with van der Waals surface area (Å²) in [7, 11) is 0. The summed E-state index contributed by atoms with van der Waals surface area (Å²) in [6.45, 7) is 5.97. The van der Waals surface area contributed by atoms with Crippen molar-refractivity contribution in [2.75, 3.05) is 6.73 Å². The molecule has 5 rings (SSSR count). The van der Waals surface area contributed by atoms with E-state index in [4.69, 9.17) is 9.47 Å². The number of hydrogen-bond acceptors (Lipinski definition) is 5. The monoisotopic (exact) mass is 398 g/mol.